The van der Waals surface area contributed by atoms with Gasteiger partial charge < -0.3 is 10.1 Å². The molecule has 1 aromatic carbocycles. The summed E-state index contributed by atoms with van der Waals surface area (Å²) < 4.78 is 4.51. The maximum Gasteiger partial charge on any atom is 0.328 e. The summed E-state index contributed by atoms with van der Waals surface area (Å²) in [6, 6.07) is 5.86. The predicted molar refractivity (Wildman–Crippen MR) is 63.3 cm³/mol. The molecule has 0 radical (unpaired) electrons. The van der Waals surface area contributed by atoms with Crippen LogP contribution in [0, 0.1) is 12.3 Å². The standard InChI is InChI=1S/C13H13NO3/c1-4-10-5-7-11(8-6-10)12(15)14-9(2)13(16)17-3/h1,5-9H,2-3H3,(H,14,15). The number of hydrogen-bond acceptors (Lipinski definition) is 3. The van der Waals surface area contributed by atoms with E-state index < -0.39 is 12.0 Å². The smallest absolute Gasteiger partial charge is 0.328 e. The number of esters is 1. The summed E-state index contributed by atoms with van der Waals surface area (Å²) in [5, 5.41) is 2.52. The molecule has 0 saturated carbocycles. The summed E-state index contributed by atoms with van der Waals surface area (Å²) in [5.74, 6) is 1.63. The van der Waals surface area contributed by atoms with Gasteiger partial charge in [-0.2, -0.15) is 0 Å². The number of amides is 1. The Balaban J connectivity index is 2.70. The van der Waals surface area contributed by atoms with E-state index in [0.29, 0.717) is 11.1 Å². The number of rotatable bonds is 3. The zero-order chi connectivity index (χ0) is 12.8. The van der Waals surface area contributed by atoms with Gasteiger partial charge in [0.1, 0.15) is 6.04 Å². The number of benzene rings is 1. The van der Waals surface area contributed by atoms with Gasteiger partial charge in [0.05, 0.1) is 7.11 Å². The Morgan fingerprint density at radius 2 is 1.94 bits per heavy atom. The fourth-order valence-corrected chi connectivity index (χ4v) is 1.23. The van der Waals surface area contributed by atoms with Crippen molar-refractivity contribution >= 4 is 11.9 Å². The van der Waals surface area contributed by atoms with Crippen LogP contribution in [0.5, 0.6) is 0 Å². The van der Waals surface area contributed by atoms with Crippen LogP contribution >= 0.6 is 0 Å². The Hall–Kier alpha value is -2.28. The largest absolute Gasteiger partial charge is 0.467 e. The average molecular weight is 231 g/mol. The van der Waals surface area contributed by atoms with E-state index in [1.165, 1.54) is 7.11 Å². The van der Waals surface area contributed by atoms with Crippen molar-refractivity contribution in [3.8, 4) is 12.3 Å². The number of nitrogens with one attached hydrogen (secondary N) is 1. The second-order valence-corrected chi connectivity index (χ2v) is 3.44. The summed E-state index contributed by atoms with van der Waals surface area (Å²) in [6.45, 7) is 1.56. The lowest BCUT2D eigenvalue weighted by molar-refractivity contribution is -0.142. The number of terminal acetylenes is 1. The zero-order valence-electron chi connectivity index (χ0n) is 9.69. The molecule has 0 aliphatic carbocycles. The number of carbonyl (C=O) groups is 2. The highest BCUT2D eigenvalue weighted by molar-refractivity contribution is 5.96. The first-order chi connectivity index (χ1) is 8.08. The molecule has 1 amide bonds. The molecule has 88 valence electrons. The molecule has 17 heavy (non-hydrogen) atoms. The topological polar surface area (TPSA) is 55.4 Å². The van der Waals surface area contributed by atoms with E-state index in [1.54, 1.807) is 31.2 Å². The van der Waals surface area contributed by atoms with Gasteiger partial charge in [-0.15, -0.1) is 6.42 Å². The van der Waals surface area contributed by atoms with Gasteiger partial charge in [-0.3, -0.25) is 4.79 Å². The minimum absolute atomic E-state index is 0.341. The van der Waals surface area contributed by atoms with Crippen molar-refractivity contribution in [2.45, 2.75) is 13.0 Å². The van der Waals surface area contributed by atoms with Crippen molar-refractivity contribution in [2.75, 3.05) is 7.11 Å². The van der Waals surface area contributed by atoms with E-state index in [2.05, 4.69) is 16.0 Å². The van der Waals surface area contributed by atoms with Crippen LogP contribution in [0.15, 0.2) is 24.3 Å². The van der Waals surface area contributed by atoms with E-state index in [9.17, 15) is 9.59 Å². The second kappa shape index (κ2) is 5.71. The first-order valence-corrected chi connectivity index (χ1v) is 5.04. The van der Waals surface area contributed by atoms with Crippen LogP contribution < -0.4 is 5.32 Å². The van der Waals surface area contributed by atoms with Gasteiger partial charge in [0, 0.05) is 11.1 Å². The third-order valence-electron chi connectivity index (χ3n) is 2.22. The number of ether oxygens (including phenoxy) is 1. The van der Waals surface area contributed by atoms with Gasteiger partial charge in [-0.25, -0.2) is 4.79 Å². The Bertz CT molecular complexity index is 457. The van der Waals surface area contributed by atoms with Crippen molar-refractivity contribution in [1.82, 2.24) is 5.32 Å². The molecule has 0 bridgehead atoms. The summed E-state index contributed by atoms with van der Waals surface area (Å²) in [5.41, 5.74) is 1.14. The third kappa shape index (κ3) is 3.35. The lowest BCUT2D eigenvalue weighted by Gasteiger charge is -2.11. The number of carbonyl (C=O) groups excluding carboxylic acids is 2. The minimum atomic E-state index is -0.681. The molecule has 1 atom stereocenters. The van der Waals surface area contributed by atoms with Crippen LogP contribution in [0.2, 0.25) is 0 Å². The molecule has 4 nitrogen and oxygen atoms in total. The zero-order valence-corrected chi connectivity index (χ0v) is 9.69. The van der Waals surface area contributed by atoms with Crippen molar-refractivity contribution in [2.24, 2.45) is 0 Å². The molecule has 0 aliphatic rings. The molecule has 1 N–H and O–H groups in total. The Morgan fingerprint density at radius 1 is 1.35 bits per heavy atom. The van der Waals surface area contributed by atoms with Gasteiger partial charge in [-0.1, -0.05) is 5.92 Å². The molecule has 0 heterocycles. The van der Waals surface area contributed by atoms with Gasteiger partial charge in [0.15, 0.2) is 0 Å². The molecular weight excluding hydrogens is 218 g/mol. The molecule has 1 unspecified atom stereocenters. The molecule has 0 fully saturated rings. The second-order valence-electron chi connectivity index (χ2n) is 3.44. The Morgan fingerprint density at radius 3 is 2.41 bits per heavy atom. The fourth-order valence-electron chi connectivity index (χ4n) is 1.23. The quantitative estimate of drug-likeness (QED) is 0.622. The molecule has 0 spiro atoms. The maximum atomic E-state index is 11.7. The highest BCUT2D eigenvalue weighted by Gasteiger charge is 2.16. The first-order valence-electron chi connectivity index (χ1n) is 5.04. The number of methoxy groups -OCH3 is 1. The lowest BCUT2D eigenvalue weighted by Crippen LogP contribution is -2.39. The van der Waals surface area contributed by atoms with E-state index in [1.807, 2.05) is 0 Å². The van der Waals surface area contributed by atoms with Crippen molar-refractivity contribution < 1.29 is 14.3 Å². The minimum Gasteiger partial charge on any atom is -0.467 e. The summed E-state index contributed by atoms with van der Waals surface area (Å²) in [6.07, 6.45) is 5.20. The van der Waals surface area contributed by atoms with Crippen molar-refractivity contribution in [1.29, 1.82) is 0 Å². The SMILES string of the molecule is C#Cc1ccc(C(=O)NC(C)C(=O)OC)cc1. The predicted octanol–water partition coefficient (Wildman–Crippen LogP) is 0.959. The van der Waals surface area contributed by atoms with Gasteiger partial charge in [-0.05, 0) is 31.2 Å². The van der Waals surface area contributed by atoms with Gasteiger partial charge in [0.25, 0.3) is 5.91 Å². The van der Waals surface area contributed by atoms with E-state index >= 15 is 0 Å². The van der Waals surface area contributed by atoms with Crippen LogP contribution in [-0.2, 0) is 9.53 Å². The van der Waals surface area contributed by atoms with E-state index in [4.69, 9.17) is 6.42 Å². The number of hydrogen-bond donors (Lipinski definition) is 1. The summed E-state index contributed by atoms with van der Waals surface area (Å²) in [7, 11) is 1.27. The van der Waals surface area contributed by atoms with Crippen LogP contribution in [-0.4, -0.2) is 25.0 Å². The van der Waals surface area contributed by atoms with Crippen molar-refractivity contribution in [3.63, 3.8) is 0 Å². The van der Waals surface area contributed by atoms with Crippen molar-refractivity contribution in [3.05, 3.63) is 35.4 Å². The molecule has 0 aliphatic heterocycles. The lowest BCUT2D eigenvalue weighted by atomic mass is 10.1. The summed E-state index contributed by atoms with van der Waals surface area (Å²) >= 11 is 0. The van der Waals surface area contributed by atoms with Crippen LogP contribution in [0.1, 0.15) is 22.8 Å². The third-order valence-corrected chi connectivity index (χ3v) is 2.22. The molecule has 1 aromatic rings. The van der Waals surface area contributed by atoms with E-state index in [-0.39, 0.29) is 5.91 Å². The van der Waals surface area contributed by atoms with Gasteiger partial charge in [0.2, 0.25) is 0 Å². The Labute approximate surface area is 100.0 Å². The normalized spacial score (nSPS) is 11.1. The van der Waals surface area contributed by atoms with Crippen LogP contribution in [0.25, 0.3) is 0 Å². The molecule has 0 saturated heterocycles. The molecule has 0 aromatic heterocycles. The van der Waals surface area contributed by atoms with E-state index in [0.717, 1.165) is 0 Å². The Kier molecular flexibility index (Phi) is 4.29. The average Bonchev–Trinajstić information content (AvgIpc) is 2.37. The summed E-state index contributed by atoms with van der Waals surface area (Å²) in [4.78, 5) is 22.8. The first kappa shape index (κ1) is 12.8. The fraction of sp³-hybridized carbons (Fsp3) is 0.231. The molecular formula is C13H13NO3. The van der Waals surface area contributed by atoms with Crippen LogP contribution in [0.4, 0.5) is 0 Å². The highest BCUT2D eigenvalue weighted by atomic mass is 16.5. The maximum absolute atomic E-state index is 11.7. The molecule has 1 rings (SSSR count). The molecule has 4 heteroatoms. The monoisotopic (exact) mass is 231 g/mol. The van der Waals surface area contributed by atoms with Crippen LogP contribution in [0.3, 0.4) is 0 Å². The highest BCUT2D eigenvalue weighted by Crippen LogP contribution is 2.03. The van der Waals surface area contributed by atoms with Gasteiger partial charge >= 0.3 is 5.97 Å².